The van der Waals surface area contributed by atoms with Crippen LogP contribution in [-0.4, -0.2) is 29.9 Å². The minimum atomic E-state index is -0.313. The summed E-state index contributed by atoms with van der Waals surface area (Å²) in [5, 5.41) is 0. The second-order valence-corrected chi connectivity index (χ2v) is 9.42. The van der Waals surface area contributed by atoms with Crippen molar-refractivity contribution in [3.05, 3.63) is 0 Å². The van der Waals surface area contributed by atoms with E-state index < -0.39 is 0 Å². The molecule has 0 saturated heterocycles. The van der Waals surface area contributed by atoms with Gasteiger partial charge in [-0.25, -0.2) is 0 Å². The van der Waals surface area contributed by atoms with E-state index in [1.807, 2.05) is 6.92 Å². The molecular formula is C24H34O5. The van der Waals surface area contributed by atoms with Crippen molar-refractivity contribution in [1.82, 2.24) is 0 Å². The van der Waals surface area contributed by atoms with E-state index in [0.29, 0.717) is 36.9 Å². The Kier molecular flexibility index (Phi) is 6.71. The van der Waals surface area contributed by atoms with Crippen LogP contribution in [0, 0.1) is 40.9 Å². The van der Waals surface area contributed by atoms with Crippen LogP contribution >= 0.6 is 0 Å². The largest absolute Gasteiger partial charge is 0.463 e. The summed E-state index contributed by atoms with van der Waals surface area (Å²) in [6.45, 7) is 7.22. The predicted molar refractivity (Wildman–Crippen MR) is 109 cm³/mol. The van der Waals surface area contributed by atoms with Gasteiger partial charge in [0.15, 0.2) is 0 Å². The fraction of sp³-hybridized carbons (Fsp3) is 0.792. The summed E-state index contributed by atoms with van der Waals surface area (Å²) in [6, 6.07) is 0. The summed E-state index contributed by atoms with van der Waals surface area (Å²) >= 11 is 0. The summed E-state index contributed by atoms with van der Waals surface area (Å²) in [7, 11) is 0. The second-order valence-electron chi connectivity index (χ2n) is 9.42. The zero-order valence-electron chi connectivity index (χ0n) is 18.2. The minimum Gasteiger partial charge on any atom is -0.463 e. The lowest BCUT2D eigenvalue weighted by Gasteiger charge is -2.49. The lowest BCUT2D eigenvalue weighted by atomic mass is 9.56. The number of rotatable bonds is 3. The number of esters is 2. The topological polar surface area (TPSA) is 69.7 Å². The number of ether oxygens (including phenoxy) is 2. The van der Waals surface area contributed by atoms with Gasteiger partial charge in [0.05, 0.1) is 0 Å². The molecule has 0 amide bonds. The highest BCUT2D eigenvalue weighted by Gasteiger charge is 2.56. The van der Waals surface area contributed by atoms with E-state index in [9.17, 15) is 14.4 Å². The first-order chi connectivity index (χ1) is 13.7. The van der Waals surface area contributed by atoms with Crippen molar-refractivity contribution in [2.45, 2.75) is 91.3 Å². The molecule has 3 aliphatic carbocycles. The van der Waals surface area contributed by atoms with Gasteiger partial charge in [-0.1, -0.05) is 12.8 Å². The van der Waals surface area contributed by atoms with Gasteiger partial charge in [0.2, 0.25) is 0 Å². The molecule has 0 radical (unpaired) electrons. The van der Waals surface area contributed by atoms with Gasteiger partial charge in [-0.2, -0.15) is 0 Å². The standard InChI is InChI=1S/C24H34O5/c1-15(28-16(2)25)21-10-11-22-19-8-6-5-7-18(29-17(3)26)9-12-23(27)20(19)13-14-24(21,22)4/h15,18-22H,7-14H2,1-4H3/t15-,18+,19+,20-,21+,22-,24+/m0/s1. The first-order valence-electron chi connectivity index (χ1n) is 11.0. The van der Waals surface area contributed by atoms with Crippen LogP contribution < -0.4 is 0 Å². The molecule has 5 nitrogen and oxygen atoms in total. The van der Waals surface area contributed by atoms with Gasteiger partial charge in [-0.15, -0.1) is 5.92 Å². The molecule has 7 atom stereocenters. The lowest BCUT2D eigenvalue weighted by Crippen LogP contribution is -2.46. The molecule has 0 bridgehead atoms. The molecule has 0 aliphatic heterocycles. The number of carbonyl (C=O) groups excluding carboxylic acids is 3. The van der Waals surface area contributed by atoms with Crippen molar-refractivity contribution in [3.8, 4) is 11.8 Å². The van der Waals surface area contributed by atoms with Crippen molar-refractivity contribution in [1.29, 1.82) is 0 Å². The third kappa shape index (κ3) is 4.68. The molecule has 2 fully saturated rings. The van der Waals surface area contributed by atoms with Gasteiger partial charge < -0.3 is 9.47 Å². The van der Waals surface area contributed by atoms with Crippen LogP contribution in [0.25, 0.3) is 0 Å². The fourth-order valence-corrected chi connectivity index (χ4v) is 6.43. The first kappa shape index (κ1) is 21.9. The summed E-state index contributed by atoms with van der Waals surface area (Å²) < 4.78 is 10.9. The molecule has 0 aromatic carbocycles. The average molecular weight is 403 g/mol. The highest BCUT2D eigenvalue weighted by Crippen LogP contribution is 2.61. The highest BCUT2D eigenvalue weighted by atomic mass is 16.5. The maximum Gasteiger partial charge on any atom is 0.302 e. The molecule has 2 saturated carbocycles. The Labute approximate surface area is 174 Å². The van der Waals surface area contributed by atoms with Gasteiger partial charge in [-0.05, 0) is 56.3 Å². The molecule has 3 aliphatic rings. The van der Waals surface area contributed by atoms with E-state index in [1.165, 1.54) is 13.8 Å². The summed E-state index contributed by atoms with van der Waals surface area (Å²) in [5.74, 6) is 7.36. The number of hydrogen-bond donors (Lipinski definition) is 0. The number of Topliss-reactive ketones (excluding diaryl/α,β-unsaturated/α-hetero) is 1. The van der Waals surface area contributed by atoms with Crippen LogP contribution in [0.4, 0.5) is 0 Å². The van der Waals surface area contributed by atoms with Crippen LogP contribution in [0.1, 0.15) is 79.1 Å². The Morgan fingerprint density at radius 2 is 1.79 bits per heavy atom. The molecule has 0 heterocycles. The number of hydrogen-bond acceptors (Lipinski definition) is 5. The zero-order chi connectivity index (χ0) is 21.2. The molecule has 0 unspecified atom stereocenters. The maximum absolute atomic E-state index is 13.1. The fourth-order valence-electron chi connectivity index (χ4n) is 6.43. The molecule has 0 aromatic heterocycles. The normalized spacial score (nSPS) is 37.9. The predicted octanol–water partition coefficient (Wildman–Crippen LogP) is 4.07. The van der Waals surface area contributed by atoms with Crippen LogP contribution in [0.3, 0.4) is 0 Å². The van der Waals surface area contributed by atoms with Gasteiger partial charge in [-0.3, -0.25) is 14.4 Å². The lowest BCUT2D eigenvalue weighted by molar-refractivity contribution is -0.152. The SMILES string of the molecule is CC(=O)O[C@@H]1CC#CC[C@@H]2[C@H](CC[C@]3(C)[C@@H]([C@H](C)OC(C)=O)CC[C@@H]23)C(=O)CC1. The number of carbonyl (C=O) groups is 3. The van der Waals surface area contributed by atoms with Crippen molar-refractivity contribution >= 4 is 17.7 Å². The van der Waals surface area contributed by atoms with E-state index >= 15 is 0 Å². The molecule has 0 aromatic rings. The average Bonchev–Trinajstić information content (AvgIpc) is 2.98. The van der Waals surface area contributed by atoms with Gasteiger partial charge >= 0.3 is 11.9 Å². The van der Waals surface area contributed by atoms with E-state index in [1.54, 1.807) is 0 Å². The van der Waals surface area contributed by atoms with E-state index in [4.69, 9.17) is 9.47 Å². The maximum atomic E-state index is 13.1. The van der Waals surface area contributed by atoms with Gasteiger partial charge in [0, 0.05) is 44.9 Å². The van der Waals surface area contributed by atoms with Crippen LogP contribution in [0.2, 0.25) is 0 Å². The molecule has 29 heavy (non-hydrogen) atoms. The zero-order valence-corrected chi connectivity index (χ0v) is 18.2. The van der Waals surface area contributed by atoms with Crippen molar-refractivity contribution < 1.29 is 23.9 Å². The van der Waals surface area contributed by atoms with Crippen molar-refractivity contribution in [2.24, 2.45) is 29.1 Å². The Balaban J connectivity index is 1.79. The van der Waals surface area contributed by atoms with Gasteiger partial charge in [0.25, 0.3) is 0 Å². The quantitative estimate of drug-likeness (QED) is 0.526. The molecule has 0 N–H and O–H groups in total. The van der Waals surface area contributed by atoms with Crippen LogP contribution in [0.5, 0.6) is 0 Å². The third-order valence-corrected chi connectivity index (χ3v) is 7.68. The minimum absolute atomic E-state index is 0.0428. The molecule has 3 rings (SSSR count). The van der Waals surface area contributed by atoms with Crippen LogP contribution in [0.15, 0.2) is 0 Å². The summed E-state index contributed by atoms with van der Waals surface area (Å²) in [5.41, 5.74) is 0.0857. The van der Waals surface area contributed by atoms with Crippen LogP contribution in [-0.2, 0) is 23.9 Å². The summed E-state index contributed by atoms with van der Waals surface area (Å²) in [4.78, 5) is 35.9. The monoisotopic (exact) mass is 402 g/mol. The molecular weight excluding hydrogens is 368 g/mol. The van der Waals surface area contributed by atoms with E-state index in [2.05, 4.69) is 18.8 Å². The van der Waals surface area contributed by atoms with E-state index in [0.717, 1.165) is 32.1 Å². The number of fused-ring (bicyclic) bond motifs is 3. The first-order valence-corrected chi connectivity index (χ1v) is 11.0. The van der Waals surface area contributed by atoms with Crippen molar-refractivity contribution in [2.75, 3.05) is 0 Å². The van der Waals surface area contributed by atoms with E-state index in [-0.39, 0.29) is 41.4 Å². The Hall–Kier alpha value is -1.83. The third-order valence-electron chi connectivity index (χ3n) is 7.68. The Morgan fingerprint density at radius 3 is 2.48 bits per heavy atom. The molecule has 0 spiro atoms. The van der Waals surface area contributed by atoms with Gasteiger partial charge in [0.1, 0.15) is 18.0 Å². The smallest absolute Gasteiger partial charge is 0.302 e. The molecule has 160 valence electrons. The number of ketones is 1. The Morgan fingerprint density at radius 1 is 1.07 bits per heavy atom. The summed E-state index contributed by atoms with van der Waals surface area (Å²) in [6.07, 6.45) is 5.83. The highest BCUT2D eigenvalue weighted by molar-refractivity contribution is 5.81. The Bertz CT molecular complexity index is 717. The van der Waals surface area contributed by atoms with Crippen molar-refractivity contribution in [3.63, 3.8) is 0 Å². The molecule has 5 heteroatoms. The second kappa shape index (κ2) is 8.90.